The minimum Gasteiger partial charge on any atom is -0.506 e. The molecule has 0 bridgehead atoms. The predicted molar refractivity (Wildman–Crippen MR) is 73.4 cm³/mol. The second-order valence-electron chi connectivity index (χ2n) is 4.47. The van der Waals surface area contributed by atoms with Crippen molar-refractivity contribution in [2.75, 3.05) is 5.32 Å². The molecule has 0 aliphatic heterocycles. The van der Waals surface area contributed by atoms with Crippen molar-refractivity contribution < 1.29 is 9.90 Å². The number of carbonyl (C=O) groups is 1. The number of aryl methyl sites for hydroxylation is 3. The Morgan fingerprint density at radius 2 is 2.16 bits per heavy atom. The number of anilines is 1. The molecule has 1 aromatic heterocycles. The Labute approximate surface area is 111 Å². The van der Waals surface area contributed by atoms with Gasteiger partial charge in [0.2, 0.25) is 0 Å². The average molecular weight is 259 g/mol. The lowest BCUT2D eigenvalue weighted by molar-refractivity contribution is 0.101. The summed E-state index contributed by atoms with van der Waals surface area (Å²) < 4.78 is 1.54. The molecular weight excluding hydrogens is 242 g/mol. The van der Waals surface area contributed by atoms with Crippen LogP contribution in [0.1, 0.15) is 28.7 Å². The molecule has 0 saturated carbocycles. The van der Waals surface area contributed by atoms with E-state index in [0.717, 1.165) is 17.7 Å². The molecule has 0 aliphatic rings. The molecule has 5 heteroatoms. The summed E-state index contributed by atoms with van der Waals surface area (Å²) in [6.07, 6.45) is 0.775. The number of amides is 1. The highest BCUT2D eigenvalue weighted by molar-refractivity contribution is 6.03. The highest BCUT2D eigenvalue weighted by Gasteiger charge is 2.14. The number of aromatic hydroxyl groups is 1. The number of phenols is 1. The van der Waals surface area contributed by atoms with Gasteiger partial charge in [-0.1, -0.05) is 13.0 Å². The van der Waals surface area contributed by atoms with E-state index in [1.54, 1.807) is 29.9 Å². The highest BCUT2D eigenvalue weighted by atomic mass is 16.3. The molecule has 5 nitrogen and oxygen atoms in total. The molecule has 0 atom stereocenters. The molecule has 0 fully saturated rings. The van der Waals surface area contributed by atoms with Crippen molar-refractivity contribution in [2.24, 2.45) is 7.05 Å². The standard InChI is InChI=1S/C14H17N3O2/c1-4-10-8-12(17(3)16-10)14(19)15-11-6-5-9(2)7-13(11)18/h5-8,18H,4H2,1-3H3,(H,15,19). The zero-order valence-corrected chi connectivity index (χ0v) is 11.3. The molecule has 0 unspecified atom stereocenters. The average Bonchev–Trinajstić information content (AvgIpc) is 2.74. The van der Waals surface area contributed by atoms with Crippen molar-refractivity contribution in [2.45, 2.75) is 20.3 Å². The summed E-state index contributed by atoms with van der Waals surface area (Å²) in [6.45, 7) is 3.86. The first-order valence-corrected chi connectivity index (χ1v) is 6.15. The van der Waals surface area contributed by atoms with E-state index in [0.29, 0.717) is 11.4 Å². The van der Waals surface area contributed by atoms with E-state index in [9.17, 15) is 9.90 Å². The maximum absolute atomic E-state index is 12.1. The Morgan fingerprint density at radius 1 is 1.42 bits per heavy atom. The number of hydrogen-bond donors (Lipinski definition) is 2. The molecule has 2 N–H and O–H groups in total. The number of hydrogen-bond acceptors (Lipinski definition) is 3. The number of nitrogens with zero attached hydrogens (tertiary/aromatic N) is 2. The van der Waals surface area contributed by atoms with E-state index in [2.05, 4.69) is 10.4 Å². The van der Waals surface area contributed by atoms with Crippen LogP contribution in [0.15, 0.2) is 24.3 Å². The lowest BCUT2D eigenvalue weighted by atomic mass is 10.2. The third kappa shape index (κ3) is 2.76. The predicted octanol–water partition coefficient (Wildman–Crippen LogP) is 2.25. The van der Waals surface area contributed by atoms with Crippen molar-refractivity contribution in [1.82, 2.24) is 9.78 Å². The Bertz CT molecular complexity index is 617. The van der Waals surface area contributed by atoms with Gasteiger partial charge in [-0.2, -0.15) is 5.10 Å². The SMILES string of the molecule is CCc1cc(C(=O)Nc2ccc(C)cc2O)n(C)n1. The first-order chi connectivity index (χ1) is 9.01. The van der Waals surface area contributed by atoms with Crippen LogP contribution < -0.4 is 5.32 Å². The minimum atomic E-state index is -0.283. The lowest BCUT2D eigenvalue weighted by Gasteiger charge is -2.07. The first kappa shape index (κ1) is 13.1. The molecule has 100 valence electrons. The highest BCUT2D eigenvalue weighted by Crippen LogP contribution is 2.24. The number of benzene rings is 1. The molecule has 1 aromatic carbocycles. The van der Waals surface area contributed by atoms with Gasteiger partial charge in [-0.25, -0.2) is 0 Å². The molecule has 0 aliphatic carbocycles. The smallest absolute Gasteiger partial charge is 0.274 e. The second-order valence-corrected chi connectivity index (χ2v) is 4.47. The van der Waals surface area contributed by atoms with Gasteiger partial charge < -0.3 is 10.4 Å². The van der Waals surface area contributed by atoms with Crippen molar-refractivity contribution in [3.8, 4) is 5.75 Å². The molecule has 2 aromatic rings. The van der Waals surface area contributed by atoms with Gasteiger partial charge in [-0.15, -0.1) is 0 Å². The number of phenolic OH excluding ortho intramolecular Hbond substituents is 1. The van der Waals surface area contributed by atoms with Crippen LogP contribution in [-0.2, 0) is 13.5 Å². The number of rotatable bonds is 3. The fraction of sp³-hybridized carbons (Fsp3) is 0.286. The Kier molecular flexibility index (Phi) is 3.55. The minimum absolute atomic E-state index is 0.0613. The summed E-state index contributed by atoms with van der Waals surface area (Å²) in [5, 5.41) is 16.7. The van der Waals surface area contributed by atoms with E-state index in [-0.39, 0.29) is 11.7 Å². The Balaban J connectivity index is 2.23. The second kappa shape index (κ2) is 5.14. The van der Waals surface area contributed by atoms with E-state index >= 15 is 0 Å². The number of carbonyl (C=O) groups excluding carboxylic acids is 1. The zero-order valence-electron chi connectivity index (χ0n) is 11.3. The van der Waals surface area contributed by atoms with Gasteiger partial charge in [0.25, 0.3) is 5.91 Å². The van der Waals surface area contributed by atoms with E-state index in [1.165, 1.54) is 0 Å². The number of aromatic nitrogens is 2. The maximum Gasteiger partial charge on any atom is 0.274 e. The fourth-order valence-electron chi connectivity index (χ4n) is 1.85. The van der Waals surface area contributed by atoms with E-state index in [4.69, 9.17) is 0 Å². The van der Waals surface area contributed by atoms with Crippen LogP contribution in [0.25, 0.3) is 0 Å². The van der Waals surface area contributed by atoms with E-state index < -0.39 is 0 Å². The largest absolute Gasteiger partial charge is 0.506 e. The van der Waals surface area contributed by atoms with Crippen LogP contribution in [0.3, 0.4) is 0 Å². The molecule has 2 rings (SSSR count). The van der Waals surface area contributed by atoms with E-state index in [1.807, 2.05) is 19.9 Å². The van der Waals surface area contributed by atoms with Gasteiger partial charge in [-0.3, -0.25) is 9.48 Å². The fourth-order valence-corrected chi connectivity index (χ4v) is 1.85. The Morgan fingerprint density at radius 3 is 2.74 bits per heavy atom. The van der Waals surface area contributed by atoms with Crippen molar-refractivity contribution in [1.29, 1.82) is 0 Å². The summed E-state index contributed by atoms with van der Waals surface area (Å²) in [6, 6.07) is 6.87. The van der Waals surface area contributed by atoms with Gasteiger partial charge in [0.05, 0.1) is 11.4 Å². The monoisotopic (exact) mass is 259 g/mol. The van der Waals surface area contributed by atoms with Crippen LogP contribution in [0.5, 0.6) is 5.75 Å². The van der Waals surface area contributed by atoms with Gasteiger partial charge >= 0.3 is 0 Å². The zero-order chi connectivity index (χ0) is 14.0. The summed E-state index contributed by atoms with van der Waals surface area (Å²) in [4.78, 5) is 12.1. The van der Waals surface area contributed by atoms with Crippen molar-refractivity contribution in [3.05, 3.63) is 41.2 Å². The molecular formula is C14H17N3O2. The van der Waals surface area contributed by atoms with Crippen LogP contribution in [0.2, 0.25) is 0 Å². The first-order valence-electron chi connectivity index (χ1n) is 6.15. The molecule has 0 spiro atoms. The van der Waals surface area contributed by atoms with Crippen molar-refractivity contribution in [3.63, 3.8) is 0 Å². The number of nitrogens with one attached hydrogen (secondary N) is 1. The Hall–Kier alpha value is -2.30. The summed E-state index contributed by atoms with van der Waals surface area (Å²) in [7, 11) is 1.73. The molecule has 0 radical (unpaired) electrons. The molecule has 0 saturated heterocycles. The van der Waals surface area contributed by atoms with Crippen molar-refractivity contribution >= 4 is 11.6 Å². The molecule has 1 amide bonds. The topological polar surface area (TPSA) is 67.2 Å². The van der Waals surface area contributed by atoms with Crippen LogP contribution in [0, 0.1) is 6.92 Å². The summed E-state index contributed by atoms with van der Waals surface area (Å²) >= 11 is 0. The lowest BCUT2D eigenvalue weighted by Crippen LogP contribution is -2.16. The van der Waals surface area contributed by atoms with Gasteiger partial charge in [-0.05, 0) is 37.1 Å². The van der Waals surface area contributed by atoms with Crippen LogP contribution >= 0.6 is 0 Å². The summed E-state index contributed by atoms with van der Waals surface area (Å²) in [5.41, 5.74) is 2.66. The normalized spacial score (nSPS) is 10.5. The maximum atomic E-state index is 12.1. The third-order valence-electron chi connectivity index (χ3n) is 2.93. The molecule has 1 heterocycles. The van der Waals surface area contributed by atoms with Gasteiger partial charge in [0, 0.05) is 7.05 Å². The summed E-state index contributed by atoms with van der Waals surface area (Å²) in [5.74, 6) is -0.222. The third-order valence-corrected chi connectivity index (χ3v) is 2.93. The van der Waals surface area contributed by atoms with Gasteiger partial charge in [0.1, 0.15) is 11.4 Å². The quantitative estimate of drug-likeness (QED) is 0.831. The van der Waals surface area contributed by atoms with Crippen LogP contribution in [0.4, 0.5) is 5.69 Å². The van der Waals surface area contributed by atoms with Gasteiger partial charge in [0.15, 0.2) is 0 Å². The van der Waals surface area contributed by atoms with Crippen LogP contribution in [-0.4, -0.2) is 20.8 Å². The molecule has 19 heavy (non-hydrogen) atoms.